The molecule has 26 heavy (non-hydrogen) atoms. The standard InChI is InChI=1S/C18H28N6O2/c1-3-16(25)24-6-4-5-14(12-24)17(26)23-9-7-22(8-10-23)15-11-13(2)20-18(19)21-15/h11,14H,3-10,12H2,1-2H3,(H2,19,20,21)/t14-/m0/s1. The molecule has 3 rings (SSSR count). The number of aromatic nitrogens is 2. The van der Waals surface area contributed by atoms with Crippen LogP contribution in [0.5, 0.6) is 0 Å². The van der Waals surface area contributed by atoms with Crippen molar-refractivity contribution >= 4 is 23.6 Å². The van der Waals surface area contributed by atoms with Crippen molar-refractivity contribution in [2.45, 2.75) is 33.1 Å². The number of nitrogen functional groups attached to an aromatic ring is 1. The van der Waals surface area contributed by atoms with Gasteiger partial charge in [0.05, 0.1) is 5.92 Å². The van der Waals surface area contributed by atoms with Crippen LogP contribution in [0.15, 0.2) is 6.07 Å². The quantitative estimate of drug-likeness (QED) is 0.851. The van der Waals surface area contributed by atoms with Gasteiger partial charge in [-0.3, -0.25) is 9.59 Å². The molecule has 8 heteroatoms. The number of carbonyl (C=O) groups is 2. The van der Waals surface area contributed by atoms with E-state index in [4.69, 9.17) is 5.73 Å². The van der Waals surface area contributed by atoms with Crippen molar-refractivity contribution < 1.29 is 9.59 Å². The van der Waals surface area contributed by atoms with E-state index in [-0.39, 0.29) is 23.7 Å². The molecule has 0 aromatic carbocycles. The molecule has 0 unspecified atom stereocenters. The summed E-state index contributed by atoms with van der Waals surface area (Å²) in [6.45, 7) is 7.90. The van der Waals surface area contributed by atoms with Crippen LogP contribution in [0.25, 0.3) is 0 Å². The first-order valence-corrected chi connectivity index (χ1v) is 9.40. The van der Waals surface area contributed by atoms with Crippen LogP contribution in [-0.4, -0.2) is 70.9 Å². The summed E-state index contributed by atoms with van der Waals surface area (Å²) in [6.07, 6.45) is 2.27. The molecule has 2 aliphatic rings. The molecule has 2 N–H and O–H groups in total. The molecule has 0 spiro atoms. The van der Waals surface area contributed by atoms with Gasteiger partial charge in [-0.25, -0.2) is 4.98 Å². The minimum Gasteiger partial charge on any atom is -0.368 e. The summed E-state index contributed by atoms with van der Waals surface area (Å²) in [4.78, 5) is 39.1. The second kappa shape index (κ2) is 7.88. The molecule has 2 fully saturated rings. The number of nitrogens with two attached hydrogens (primary N) is 1. The molecular formula is C18H28N6O2. The first-order valence-electron chi connectivity index (χ1n) is 9.40. The molecule has 142 valence electrons. The number of hydrogen-bond donors (Lipinski definition) is 1. The van der Waals surface area contributed by atoms with Gasteiger partial charge in [-0.2, -0.15) is 4.98 Å². The van der Waals surface area contributed by atoms with E-state index in [1.54, 1.807) is 0 Å². The SMILES string of the molecule is CCC(=O)N1CCC[C@H](C(=O)N2CCN(c3cc(C)nc(N)n3)CC2)C1. The van der Waals surface area contributed by atoms with E-state index in [1.807, 2.05) is 29.7 Å². The Kier molecular flexibility index (Phi) is 5.58. The number of piperazine rings is 1. The Hall–Kier alpha value is -2.38. The smallest absolute Gasteiger partial charge is 0.227 e. The molecule has 1 aromatic rings. The van der Waals surface area contributed by atoms with Gasteiger partial charge >= 0.3 is 0 Å². The van der Waals surface area contributed by atoms with Crippen molar-refractivity contribution in [3.8, 4) is 0 Å². The van der Waals surface area contributed by atoms with Gasteiger partial charge in [0, 0.05) is 57.4 Å². The normalized spacial score (nSPS) is 21.0. The fraction of sp³-hybridized carbons (Fsp3) is 0.667. The average molecular weight is 360 g/mol. The summed E-state index contributed by atoms with van der Waals surface area (Å²) in [5.74, 6) is 1.35. The van der Waals surface area contributed by atoms with Gasteiger partial charge in [0.25, 0.3) is 0 Å². The maximum Gasteiger partial charge on any atom is 0.227 e. The van der Waals surface area contributed by atoms with Gasteiger partial charge < -0.3 is 20.4 Å². The predicted molar refractivity (Wildman–Crippen MR) is 99.6 cm³/mol. The Balaban J connectivity index is 1.57. The number of likely N-dealkylation sites (tertiary alicyclic amines) is 1. The lowest BCUT2D eigenvalue weighted by atomic mass is 9.96. The Morgan fingerprint density at radius 3 is 2.54 bits per heavy atom. The molecule has 1 aromatic heterocycles. The monoisotopic (exact) mass is 360 g/mol. The summed E-state index contributed by atoms with van der Waals surface area (Å²) in [5, 5.41) is 0. The fourth-order valence-corrected chi connectivity index (χ4v) is 3.78. The molecule has 2 aliphatic heterocycles. The zero-order valence-corrected chi connectivity index (χ0v) is 15.6. The number of rotatable bonds is 3. The van der Waals surface area contributed by atoms with Gasteiger partial charge in [-0.15, -0.1) is 0 Å². The number of hydrogen-bond acceptors (Lipinski definition) is 6. The zero-order chi connectivity index (χ0) is 18.7. The molecule has 0 aliphatic carbocycles. The van der Waals surface area contributed by atoms with Crippen molar-refractivity contribution in [2.75, 3.05) is 49.9 Å². The van der Waals surface area contributed by atoms with Gasteiger partial charge in [0.1, 0.15) is 5.82 Å². The highest BCUT2D eigenvalue weighted by molar-refractivity contribution is 5.81. The fourth-order valence-electron chi connectivity index (χ4n) is 3.78. The van der Waals surface area contributed by atoms with Gasteiger partial charge in [0.2, 0.25) is 17.8 Å². The van der Waals surface area contributed by atoms with Crippen molar-refractivity contribution in [1.82, 2.24) is 19.8 Å². The van der Waals surface area contributed by atoms with E-state index in [0.29, 0.717) is 26.1 Å². The molecule has 3 heterocycles. The minimum atomic E-state index is -0.0669. The van der Waals surface area contributed by atoms with Gasteiger partial charge in [0.15, 0.2) is 0 Å². The highest BCUT2D eigenvalue weighted by Crippen LogP contribution is 2.22. The number of piperidine rings is 1. The third kappa shape index (κ3) is 4.05. The third-order valence-corrected chi connectivity index (χ3v) is 5.20. The van der Waals surface area contributed by atoms with Gasteiger partial charge in [-0.05, 0) is 19.8 Å². The summed E-state index contributed by atoms with van der Waals surface area (Å²) >= 11 is 0. The minimum absolute atomic E-state index is 0.0669. The largest absolute Gasteiger partial charge is 0.368 e. The molecule has 0 saturated carbocycles. The highest BCUT2D eigenvalue weighted by Gasteiger charge is 2.32. The van der Waals surface area contributed by atoms with Crippen molar-refractivity contribution in [1.29, 1.82) is 0 Å². The lowest BCUT2D eigenvalue weighted by molar-refractivity contribution is -0.141. The van der Waals surface area contributed by atoms with E-state index in [0.717, 1.165) is 44.0 Å². The third-order valence-electron chi connectivity index (χ3n) is 5.20. The van der Waals surface area contributed by atoms with Crippen LogP contribution in [0.3, 0.4) is 0 Å². The second-order valence-corrected chi connectivity index (χ2v) is 7.07. The summed E-state index contributed by atoms with van der Waals surface area (Å²) < 4.78 is 0. The molecule has 0 radical (unpaired) electrons. The number of carbonyl (C=O) groups excluding carboxylic acids is 2. The predicted octanol–water partition coefficient (Wildman–Crippen LogP) is 0.664. The summed E-state index contributed by atoms with van der Waals surface area (Å²) in [7, 11) is 0. The van der Waals surface area contributed by atoms with Crippen molar-refractivity contribution in [2.24, 2.45) is 5.92 Å². The van der Waals surface area contributed by atoms with Crippen LogP contribution in [0, 0.1) is 12.8 Å². The molecule has 8 nitrogen and oxygen atoms in total. The van der Waals surface area contributed by atoms with E-state index in [1.165, 1.54) is 0 Å². The first-order chi connectivity index (χ1) is 12.5. The Bertz CT molecular complexity index is 651. The van der Waals surface area contributed by atoms with E-state index in [9.17, 15) is 9.59 Å². The van der Waals surface area contributed by atoms with E-state index < -0.39 is 0 Å². The van der Waals surface area contributed by atoms with Gasteiger partial charge in [-0.1, -0.05) is 6.92 Å². The number of anilines is 2. The average Bonchev–Trinajstić information content (AvgIpc) is 2.66. The first kappa shape index (κ1) is 18.4. The Morgan fingerprint density at radius 1 is 1.15 bits per heavy atom. The van der Waals surface area contributed by atoms with Crippen LogP contribution in [0.1, 0.15) is 31.9 Å². The lowest BCUT2D eigenvalue weighted by Gasteiger charge is -2.39. The zero-order valence-electron chi connectivity index (χ0n) is 15.6. The number of nitrogens with zero attached hydrogens (tertiary/aromatic N) is 5. The van der Waals surface area contributed by atoms with Crippen LogP contribution in [-0.2, 0) is 9.59 Å². The molecule has 1 atom stereocenters. The maximum absolute atomic E-state index is 12.9. The number of aryl methyl sites for hydroxylation is 1. The summed E-state index contributed by atoms with van der Waals surface area (Å²) in [6, 6.07) is 1.92. The molecule has 2 saturated heterocycles. The Labute approximate surface area is 154 Å². The van der Waals surface area contributed by atoms with Crippen molar-refractivity contribution in [3.05, 3.63) is 11.8 Å². The maximum atomic E-state index is 12.9. The van der Waals surface area contributed by atoms with Crippen LogP contribution >= 0.6 is 0 Å². The lowest BCUT2D eigenvalue weighted by Crippen LogP contribution is -2.53. The van der Waals surface area contributed by atoms with Crippen LogP contribution < -0.4 is 10.6 Å². The molecule has 2 amide bonds. The topological polar surface area (TPSA) is 95.7 Å². The number of amides is 2. The molecule has 0 bridgehead atoms. The van der Waals surface area contributed by atoms with E-state index in [2.05, 4.69) is 14.9 Å². The van der Waals surface area contributed by atoms with Crippen molar-refractivity contribution in [3.63, 3.8) is 0 Å². The Morgan fingerprint density at radius 2 is 1.88 bits per heavy atom. The summed E-state index contributed by atoms with van der Waals surface area (Å²) in [5.41, 5.74) is 6.58. The highest BCUT2D eigenvalue weighted by atomic mass is 16.2. The van der Waals surface area contributed by atoms with Crippen LogP contribution in [0.4, 0.5) is 11.8 Å². The van der Waals surface area contributed by atoms with Crippen LogP contribution in [0.2, 0.25) is 0 Å². The molecular weight excluding hydrogens is 332 g/mol. The second-order valence-electron chi connectivity index (χ2n) is 7.07. The van der Waals surface area contributed by atoms with E-state index >= 15 is 0 Å².